The summed E-state index contributed by atoms with van der Waals surface area (Å²) in [5, 5.41) is 3.07. The summed E-state index contributed by atoms with van der Waals surface area (Å²) in [6.07, 6.45) is 2.87. The van der Waals surface area contributed by atoms with Crippen molar-refractivity contribution in [3.8, 4) is 0 Å². The van der Waals surface area contributed by atoms with E-state index in [0.29, 0.717) is 18.7 Å². The smallest absolute Gasteiger partial charge is 0.243 e. The largest absolute Gasteiger partial charge is 0.378 e. The monoisotopic (exact) mass is 436 g/mol. The van der Waals surface area contributed by atoms with Gasteiger partial charge in [-0.2, -0.15) is 4.31 Å². The van der Waals surface area contributed by atoms with Crippen LogP contribution in [0, 0.1) is 0 Å². The van der Waals surface area contributed by atoms with Gasteiger partial charge in [0.1, 0.15) is 0 Å². The van der Waals surface area contributed by atoms with Gasteiger partial charge in [-0.05, 0) is 55.3 Å². The zero-order chi connectivity index (χ0) is 18.6. The zero-order valence-electron chi connectivity index (χ0n) is 14.3. The average molecular weight is 437 g/mol. The van der Waals surface area contributed by atoms with Crippen molar-refractivity contribution in [2.75, 3.05) is 25.0 Å². The fourth-order valence-electron chi connectivity index (χ4n) is 2.95. The van der Waals surface area contributed by atoms with E-state index in [1.807, 2.05) is 24.3 Å². The van der Waals surface area contributed by atoms with Crippen LogP contribution in [0.25, 0.3) is 0 Å². The van der Waals surface area contributed by atoms with Crippen LogP contribution in [0.1, 0.15) is 29.6 Å². The summed E-state index contributed by atoms with van der Waals surface area (Å²) in [6, 6.07) is 13.8. The molecule has 0 aliphatic carbocycles. The predicted octanol–water partition coefficient (Wildman–Crippen LogP) is 3.92. The minimum atomic E-state index is -3.46. The number of sulfonamides is 1. The van der Waals surface area contributed by atoms with E-state index in [1.54, 1.807) is 12.1 Å². The second kappa shape index (κ2) is 8.33. The van der Waals surface area contributed by atoms with Crippen LogP contribution in [-0.2, 0) is 10.0 Å². The van der Waals surface area contributed by atoms with Gasteiger partial charge in [-0.25, -0.2) is 8.42 Å². The molecule has 26 heavy (non-hydrogen) atoms. The number of rotatable bonds is 6. The molecule has 0 bridgehead atoms. The Hall–Kier alpha value is -1.70. The van der Waals surface area contributed by atoms with Crippen LogP contribution < -0.4 is 5.32 Å². The van der Waals surface area contributed by atoms with E-state index < -0.39 is 10.0 Å². The van der Waals surface area contributed by atoms with Crippen LogP contribution in [0.5, 0.6) is 0 Å². The lowest BCUT2D eigenvalue weighted by molar-refractivity contribution is 0.101. The molecule has 0 spiro atoms. The van der Waals surface area contributed by atoms with Crippen molar-refractivity contribution in [2.24, 2.45) is 0 Å². The van der Waals surface area contributed by atoms with Gasteiger partial charge in [0.25, 0.3) is 0 Å². The van der Waals surface area contributed by atoms with Gasteiger partial charge < -0.3 is 5.32 Å². The molecule has 138 valence electrons. The summed E-state index contributed by atoms with van der Waals surface area (Å²) >= 11 is 3.39. The number of carbonyl (C=O) groups is 1. The van der Waals surface area contributed by atoms with Gasteiger partial charge in [-0.1, -0.05) is 28.4 Å². The highest BCUT2D eigenvalue weighted by Crippen LogP contribution is 2.21. The Bertz CT molecular complexity index is 876. The molecule has 1 N–H and O–H groups in total. The summed E-state index contributed by atoms with van der Waals surface area (Å²) in [6.45, 7) is 1.29. The van der Waals surface area contributed by atoms with Crippen molar-refractivity contribution in [3.63, 3.8) is 0 Å². The number of Topliss-reactive ketones (excluding diaryl/α,β-unsaturated/α-hetero) is 1. The average Bonchev–Trinajstić information content (AvgIpc) is 2.67. The fraction of sp³-hybridized carbons (Fsp3) is 0.316. The van der Waals surface area contributed by atoms with Crippen LogP contribution in [0.4, 0.5) is 5.69 Å². The standard InChI is InChI=1S/C19H21BrN2O3S/c20-16-5-4-6-17(13-16)21-14-19(23)15-7-9-18(10-8-15)26(24,25)22-11-2-1-3-12-22/h4-10,13,21H,1-3,11-12,14H2. The maximum Gasteiger partial charge on any atom is 0.243 e. The predicted molar refractivity (Wildman–Crippen MR) is 106 cm³/mol. The topological polar surface area (TPSA) is 66.5 Å². The molecule has 3 rings (SSSR count). The van der Waals surface area contributed by atoms with Gasteiger partial charge in [0.05, 0.1) is 11.4 Å². The first kappa shape index (κ1) is 19.1. The lowest BCUT2D eigenvalue weighted by Crippen LogP contribution is -2.35. The molecule has 1 aliphatic heterocycles. The summed E-state index contributed by atoms with van der Waals surface area (Å²) in [7, 11) is -3.46. The SMILES string of the molecule is O=C(CNc1cccc(Br)c1)c1ccc(S(=O)(=O)N2CCCCC2)cc1. The molecule has 0 atom stereocenters. The molecule has 1 saturated heterocycles. The molecule has 0 saturated carbocycles. The van der Waals surface area contributed by atoms with E-state index in [-0.39, 0.29) is 17.2 Å². The third-order valence-electron chi connectivity index (χ3n) is 4.41. The van der Waals surface area contributed by atoms with Crippen LogP contribution in [-0.4, -0.2) is 38.1 Å². The van der Waals surface area contributed by atoms with E-state index in [0.717, 1.165) is 29.4 Å². The molecule has 1 fully saturated rings. The number of hydrogen-bond donors (Lipinski definition) is 1. The van der Waals surface area contributed by atoms with Gasteiger partial charge >= 0.3 is 0 Å². The van der Waals surface area contributed by atoms with Crippen molar-refractivity contribution in [2.45, 2.75) is 24.2 Å². The summed E-state index contributed by atoms with van der Waals surface area (Å²) in [4.78, 5) is 12.6. The maximum absolute atomic E-state index is 12.6. The Morgan fingerprint density at radius 1 is 1.04 bits per heavy atom. The molecule has 0 amide bonds. The number of hydrogen-bond acceptors (Lipinski definition) is 4. The Morgan fingerprint density at radius 3 is 2.38 bits per heavy atom. The van der Waals surface area contributed by atoms with Gasteiger partial charge in [0.2, 0.25) is 10.0 Å². The molecule has 0 unspecified atom stereocenters. The molecule has 0 radical (unpaired) electrons. The van der Waals surface area contributed by atoms with Gasteiger partial charge in [-0.15, -0.1) is 0 Å². The van der Waals surface area contributed by atoms with Gasteiger partial charge in [0.15, 0.2) is 5.78 Å². The molecule has 2 aromatic carbocycles. The van der Waals surface area contributed by atoms with Crippen molar-refractivity contribution < 1.29 is 13.2 Å². The molecular weight excluding hydrogens is 416 g/mol. The maximum atomic E-state index is 12.6. The fourth-order valence-corrected chi connectivity index (χ4v) is 4.87. The Balaban J connectivity index is 1.65. The number of nitrogens with one attached hydrogen (secondary N) is 1. The number of nitrogens with zero attached hydrogens (tertiary/aromatic N) is 1. The number of halogens is 1. The highest BCUT2D eigenvalue weighted by Gasteiger charge is 2.25. The van der Waals surface area contributed by atoms with Crippen LogP contribution in [0.3, 0.4) is 0 Å². The van der Waals surface area contributed by atoms with E-state index in [4.69, 9.17) is 0 Å². The number of ketones is 1. The van der Waals surface area contributed by atoms with Gasteiger partial charge in [0, 0.05) is 28.8 Å². The molecule has 2 aromatic rings. The molecule has 0 aromatic heterocycles. The normalized spacial score (nSPS) is 15.6. The Morgan fingerprint density at radius 2 is 1.73 bits per heavy atom. The highest BCUT2D eigenvalue weighted by molar-refractivity contribution is 9.10. The third-order valence-corrected chi connectivity index (χ3v) is 6.81. The first-order chi connectivity index (χ1) is 12.5. The number of carbonyl (C=O) groups excluding carboxylic acids is 1. The number of anilines is 1. The van der Waals surface area contributed by atoms with Crippen molar-refractivity contribution in [1.29, 1.82) is 0 Å². The van der Waals surface area contributed by atoms with E-state index >= 15 is 0 Å². The summed E-state index contributed by atoms with van der Waals surface area (Å²) < 4.78 is 27.7. The molecule has 5 nitrogen and oxygen atoms in total. The van der Waals surface area contributed by atoms with Crippen molar-refractivity contribution in [1.82, 2.24) is 4.31 Å². The number of benzene rings is 2. The molecule has 7 heteroatoms. The van der Waals surface area contributed by atoms with Crippen LogP contribution in [0.2, 0.25) is 0 Å². The quantitative estimate of drug-likeness (QED) is 0.696. The number of piperidine rings is 1. The highest BCUT2D eigenvalue weighted by atomic mass is 79.9. The first-order valence-electron chi connectivity index (χ1n) is 8.60. The Labute approximate surface area is 162 Å². The molecule has 1 aliphatic rings. The Kier molecular flexibility index (Phi) is 6.11. The van der Waals surface area contributed by atoms with Gasteiger partial charge in [-0.3, -0.25) is 4.79 Å². The van der Waals surface area contributed by atoms with E-state index in [1.165, 1.54) is 16.4 Å². The van der Waals surface area contributed by atoms with Crippen LogP contribution in [0.15, 0.2) is 57.9 Å². The van der Waals surface area contributed by atoms with E-state index in [2.05, 4.69) is 21.2 Å². The van der Waals surface area contributed by atoms with Crippen molar-refractivity contribution >= 4 is 37.4 Å². The zero-order valence-corrected chi connectivity index (χ0v) is 16.7. The lowest BCUT2D eigenvalue weighted by Gasteiger charge is -2.25. The molecular formula is C19H21BrN2O3S. The van der Waals surface area contributed by atoms with Crippen molar-refractivity contribution in [3.05, 3.63) is 58.6 Å². The second-order valence-electron chi connectivity index (χ2n) is 6.28. The second-order valence-corrected chi connectivity index (χ2v) is 9.13. The minimum absolute atomic E-state index is 0.0908. The summed E-state index contributed by atoms with van der Waals surface area (Å²) in [5.74, 6) is -0.0908. The lowest BCUT2D eigenvalue weighted by atomic mass is 10.1. The summed E-state index contributed by atoms with van der Waals surface area (Å²) in [5.41, 5.74) is 1.34. The van der Waals surface area contributed by atoms with E-state index in [9.17, 15) is 13.2 Å². The third kappa shape index (κ3) is 4.52. The first-order valence-corrected chi connectivity index (χ1v) is 10.8. The minimum Gasteiger partial charge on any atom is -0.378 e. The van der Waals surface area contributed by atoms with Crippen LogP contribution >= 0.6 is 15.9 Å². The molecule has 1 heterocycles.